The predicted molar refractivity (Wildman–Crippen MR) is 83.2 cm³/mol. The van der Waals surface area contributed by atoms with Gasteiger partial charge in [-0.2, -0.15) is 0 Å². The zero-order valence-corrected chi connectivity index (χ0v) is 13.6. The molecule has 0 aromatic carbocycles. The predicted octanol–water partition coefficient (Wildman–Crippen LogP) is 1.71. The molecule has 0 unspecified atom stereocenters. The molecule has 5 nitrogen and oxygen atoms in total. The van der Waals surface area contributed by atoms with Crippen LogP contribution in [0.3, 0.4) is 0 Å². The number of ether oxygens (including phenoxy) is 1. The van der Waals surface area contributed by atoms with Crippen molar-refractivity contribution in [1.82, 2.24) is 10.2 Å². The SMILES string of the molecule is COCC1(C(=O)NC[C@H]2CC(=O)N(C3CCCC3)C2)CCC1. The third kappa shape index (κ3) is 3.00. The molecule has 124 valence electrons. The molecule has 3 aliphatic rings. The quantitative estimate of drug-likeness (QED) is 0.812. The first-order valence-electron chi connectivity index (χ1n) is 8.71. The number of amides is 2. The molecule has 2 aliphatic carbocycles. The molecule has 1 heterocycles. The molecule has 5 heteroatoms. The van der Waals surface area contributed by atoms with Crippen LogP contribution in [0.2, 0.25) is 0 Å². The number of nitrogens with one attached hydrogen (secondary N) is 1. The molecule has 3 fully saturated rings. The van der Waals surface area contributed by atoms with Gasteiger partial charge in [-0.25, -0.2) is 0 Å². The Bertz CT molecular complexity index is 428. The van der Waals surface area contributed by atoms with Gasteiger partial charge in [-0.1, -0.05) is 19.3 Å². The van der Waals surface area contributed by atoms with Crippen LogP contribution in [0, 0.1) is 11.3 Å². The molecule has 1 aliphatic heterocycles. The monoisotopic (exact) mass is 308 g/mol. The minimum absolute atomic E-state index is 0.118. The van der Waals surface area contributed by atoms with E-state index in [9.17, 15) is 9.59 Å². The average Bonchev–Trinajstić information content (AvgIpc) is 3.09. The van der Waals surface area contributed by atoms with Gasteiger partial charge in [-0.15, -0.1) is 0 Å². The minimum Gasteiger partial charge on any atom is -0.384 e. The lowest BCUT2D eigenvalue weighted by Crippen LogP contribution is -2.49. The normalized spacial score (nSPS) is 28.0. The number of nitrogens with zero attached hydrogens (tertiary/aromatic N) is 1. The van der Waals surface area contributed by atoms with Gasteiger partial charge >= 0.3 is 0 Å². The van der Waals surface area contributed by atoms with Gasteiger partial charge in [0.25, 0.3) is 0 Å². The van der Waals surface area contributed by atoms with E-state index in [2.05, 4.69) is 10.2 Å². The van der Waals surface area contributed by atoms with E-state index in [-0.39, 0.29) is 23.1 Å². The fraction of sp³-hybridized carbons (Fsp3) is 0.882. The Labute approximate surface area is 132 Å². The van der Waals surface area contributed by atoms with Crippen molar-refractivity contribution >= 4 is 11.8 Å². The molecule has 1 saturated heterocycles. The van der Waals surface area contributed by atoms with Crippen LogP contribution in [0.5, 0.6) is 0 Å². The highest BCUT2D eigenvalue weighted by Crippen LogP contribution is 2.41. The number of hydrogen-bond donors (Lipinski definition) is 1. The summed E-state index contributed by atoms with van der Waals surface area (Å²) >= 11 is 0. The Morgan fingerprint density at radius 2 is 2.05 bits per heavy atom. The Hall–Kier alpha value is -1.10. The van der Waals surface area contributed by atoms with Gasteiger partial charge in [0, 0.05) is 38.6 Å². The molecule has 0 spiro atoms. The molecule has 22 heavy (non-hydrogen) atoms. The second-order valence-corrected chi connectivity index (χ2v) is 7.33. The molecular formula is C17H28N2O3. The van der Waals surface area contributed by atoms with E-state index in [0.717, 1.165) is 38.6 Å². The van der Waals surface area contributed by atoms with Gasteiger partial charge in [-0.3, -0.25) is 9.59 Å². The lowest BCUT2D eigenvalue weighted by atomic mass is 9.68. The van der Waals surface area contributed by atoms with Crippen LogP contribution in [0.15, 0.2) is 0 Å². The van der Waals surface area contributed by atoms with Gasteiger partial charge < -0.3 is 15.0 Å². The summed E-state index contributed by atoms with van der Waals surface area (Å²) in [5, 5.41) is 3.09. The molecular weight excluding hydrogens is 280 g/mol. The van der Waals surface area contributed by atoms with E-state index < -0.39 is 0 Å². The minimum atomic E-state index is -0.303. The van der Waals surface area contributed by atoms with E-state index in [1.165, 1.54) is 12.8 Å². The summed E-state index contributed by atoms with van der Waals surface area (Å²) < 4.78 is 5.22. The third-order valence-electron chi connectivity index (χ3n) is 5.77. The largest absolute Gasteiger partial charge is 0.384 e. The molecule has 0 aromatic rings. The third-order valence-corrected chi connectivity index (χ3v) is 5.77. The van der Waals surface area contributed by atoms with Gasteiger partial charge in [-0.05, 0) is 25.7 Å². The lowest BCUT2D eigenvalue weighted by Gasteiger charge is -2.39. The highest BCUT2D eigenvalue weighted by atomic mass is 16.5. The summed E-state index contributed by atoms with van der Waals surface area (Å²) in [5.74, 6) is 0.672. The van der Waals surface area contributed by atoms with Crippen LogP contribution < -0.4 is 5.32 Å². The summed E-state index contributed by atoms with van der Waals surface area (Å²) in [6, 6.07) is 0.458. The van der Waals surface area contributed by atoms with Gasteiger partial charge in [0.2, 0.25) is 11.8 Å². The van der Waals surface area contributed by atoms with Crippen molar-refractivity contribution in [3.8, 4) is 0 Å². The summed E-state index contributed by atoms with van der Waals surface area (Å²) in [6.07, 6.45) is 8.34. The maximum Gasteiger partial charge on any atom is 0.228 e. The Balaban J connectivity index is 1.48. The van der Waals surface area contributed by atoms with E-state index in [1.54, 1.807) is 7.11 Å². The Morgan fingerprint density at radius 1 is 1.32 bits per heavy atom. The first-order chi connectivity index (χ1) is 10.6. The molecule has 2 amide bonds. The molecule has 1 N–H and O–H groups in total. The van der Waals surface area contributed by atoms with Crippen LogP contribution in [-0.2, 0) is 14.3 Å². The molecule has 0 radical (unpaired) electrons. The van der Waals surface area contributed by atoms with Gasteiger partial charge in [0.1, 0.15) is 0 Å². The smallest absolute Gasteiger partial charge is 0.228 e. The molecule has 1 atom stereocenters. The zero-order valence-electron chi connectivity index (χ0n) is 13.6. The summed E-state index contributed by atoms with van der Waals surface area (Å²) in [7, 11) is 1.66. The van der Waals surface area contributed by atoms with Crippen molar-refractivity contribution in [2.24, 2.45) is 11.3 Å². The first kappa shape index (κ1) is 15.8. The fourth-order valence-electron chi connectivity index (χ4n) is 4.26. The fourth-order valence-corrected chi connectivity index (χ4v) is 4.26. The van der Waals surface area contributed by atoms with E-state index in [1.807, 2.05) is 0 Å². The zero-order chi connectivity index (χ0) is 15.6. The molecule has 0 bridgehead atoms. The van der Waals surface area contributed by atoms with Crippen LogP contribution in [0.25, 0.3) is 0 Å². The number of carbonyl (C=O) groups is 2. The van der Waals surface area contributed by atoms with Crippen LogP contribution in [-0.4, -0.2) is 49.6 Å². The molecule has 2 saturated carbocycles. The molecule has 0 aromatic heterocycles. The van der Waals surface area contributed by atoms with Gasteiger partial charge in [0.15, 0.2) is 0 Å². The van der Waals surface area contributed by atoms with Crippen molar-refractivity contribution < 1.29 is 14.3 Å². The van der Waals surface area contributed by atoms with Crippen LogP contribution in [0.4, 0.5) is 0 Å². The molecule has 3 rings (SSSR count). The Morgan fingerprint density at radius 3 is 2.64 bits per heavy atom. The van der Waals surface area contributed by atoms with Gasteiger partial charge in [0.05, 0.1) is 12.0 Å². The summed E-state index contributed by atoms with van der Waals surface area (Å²) in [5.41, 5.74) is -0.303. The number of likely N-dealkylation sites (tertiary alicyclic amines) is 1. The maximum atomic E-state index is 12.4. The average molecular weight is 308 g/mol. The van der Waals surface area contributed by atoms with Crippen molar-refractivity contribution in [1.29, 1.82) is 0 Å². The maximum absolute atomic E-state index is 12.4. The first-order valence-corrected chi connectivity index (χ1v) is 8.71. The Kier molecular flexibility index (Phi) is 4.71. The highest BCUT2D eigenvalue weighted by Gasteiger charge is 2.44. The second kappa shape index (κ2) is 6.57. The van der Waals surface area contributed by atoms with Crippen LogP contribution in [0.1, 0.15) is 51.4 Å². The summed E-state index contributed by atoms with van der Waals surface area (Å²) in [6.45, 7) is 1.96. The van der Waals surface area contributed by atoms with Crippen LogP contribution >= 0.6 is 0 Å². The highest BCUT2D eigenvalue weighted by molar-refractivity contribution is 5.84. The van der Waals surface area contributed by atoms with Crippen molar-refractivity contribution in [2.75, 3.05) is 26.8 Å². The van der Waals surface area contributed by atoms with Crippen molar-refractivity contribution in [2.45, 2.75) is 57.4 Å². The van der Waals surface area contributed by atoms with Crippen molar-refractivity contribution in [3.63, 3.8) is 0 Å². The van der Waals surface area contributed by atoms with Crippen molar-refractivity contribution in [3.05, 3.63) is 0 Å². The second-order valence-electron chi connectivity index (χ2n) is 7.33. The summed E-state index contributed by atoms with van der Waals surface area (Å²) in [4.78, 5) is 26.7. The number of methoxy groups -OCH3 is 1. The standard InChI is InChI=1S/C17H28N2O3/c1-22-12-17(7-4-8-17)16(21)18-10-13-9-15(20)19(11-13)14-5-2-3-6-14/h13-14H,2-12H2,1H3,(H,18,21)/t13-/m1/s1. The topological polar surface area (TPSA) is 58.6 Å². The van der Waals surface area contributed by atoms with E-state index in [4.69, 9.17) is 4.74 Å². The number of rotatable bonds is 6. The van der Waals surface area contributed by atoms with E-state index >= 15 is 0 Å². The van der Waals surface area contributed by atoms with E-state index in [0.29, 0.717) is 25.6 Å². The number of hydrogen-bond acceptors (Lipinski definition) is 3. The number of carbonyl (C=O) groups excluding carboxylic acids is 2. The lowest BCUT2D eigenvalue weighted by molar-refractivity contribution is -0.140.